The molecule has 0 spiro atoms. The van der Waals surface area contributed by atoms with E-state index in [0.717, 1.165) is 0 Å². The summed E-state index contributed by atoms with van der Waals surface area (Å²) in [7, 11) is 0. The summed E-state index contributed by atoms with van der Waals surface area (Å²) in [6.45, 7) is -0.345. The van der Waals surface area contributed by atoms with E-state index in [9.17, 15) is 18.0 Å². The number of ether oxygens (including phenoxy) is 1. The topological polar surface area (TPSA) is 65.5 Å². The highest BCUT2D eigenvalue weighted by atomic mass is 32.2. The number of benzene rings is 1. The molecule has 108 valence electrons. The molecule has 2 aromatic rings. The number of anilines is 1. The number of carbonyl (C=O) groups is 1. The van der Waals surface area contributed by atoms with Crippen molar-refractivity contribution in [2.75, 3.05) is 18.1 Å². The molecule has 2 rings (SSSR count). The maximum Gasteiger partial charge on any atom is 0.441 e. The molecule has 0 bridgehead atoms. The number of esters is 1. The summed E-state index contributed by atoms with van der Waals surface area (Å²) in [5.74, 6) is -1.23. The van der Waals surface area contributed by atoms with Crippen LogP contribution in [0.25, 0.3) is 11.0 Å². The van der Waals surface area contributed by atoms with Crippen molar-refractivity contribution in [3.8, 4) is 0 Å². The Morgan fingerprint density at radius 2 is 2.10 bits per heavy atom. The van der Waals surface area contributed by atoms with Gasteiger partial charge in [0, 0.05) is 16.8 Å². The van der Waals surface area contributed by atoms with Gasteiger partial charge in [-0.2, -0.15) is 13.2 Å². The van der Waals surface area contributed by atoms with Gasteiger partial charge in [-0.3, -0.25) is 0 Å². The Hall–Kier alpha value is -1.83. The molecule has 20 heavy (non-hydrogen) atoms. The van der Waals surface area contributed by atoms with Gasteiger partial charge in [-0.25, -0.2) is 4.79 Å². The van der Waals surface area contributed by atoms with Crippen LogP contribution in [0.4, 0.5) is 18.9 Å². The van der Waals surface area contributed by atoms with Gasteiger partial charge in [0.25, 0.3) is 0 Å². The number of rotatable bonds is 4. The fourth-order valence-electron chi connectivity index (χ4n) is 1.53. The fourth-order valence-corrected chi connectivity index (χ4v) is 1.92. The van der Waals surface area contributed by atoms with Gasteiger partial charge in [0.1, 0.15) is 12.2 Å². The van der Waals surface area contributed by atoms with Crippen molar-refractivity contribution in [3.63, 3.8) is 0 Å². The number of alkyl halides is 3. The zero-order chi connectivity index (χ0) is 14.8. The Morgan fingerprint density at radius 3 is 2.80 bits per heavy atom. The monoisotopic (exact) mass is 305 g/mol. The number of halogens is 3. The number of hydrogen-bond acceptors (Lipinski definition) is 5. The number of carbonyl (C=O) groups excluding carboxylic acids is 1. The van der Waals surface area contributed by atoms with Gasteiger partial charge in [-0.15, -0.1) is 0 Å². The molecule has 1 aromatic carbocycles. The maximum absolute atomic E-state index is 11.9. The van der Waals surface area contributed by atoms with Crippen molar-refractivity contribution in [3.05, 3.63) is 30.0 Å². The van der Waals surface area contributed by atoms with E-state index < -0.39 is 11.5 Å². The summed E-state index contributed by atoms with van der Waals surface area (Å²) >= 11 is -0.247. The molecule has 0 aliphatic rings. The molecule has 0 amide bonds. The van der Waals surface area contributed by atoms with Crippen LogP contribution in [0.3, 0.4) is 0 Å². The number of thioether (sulfide) groups is 1. The average Bonchev–Trinajstić information content (AvgIpc) is 2.76. The summed E-state index contributed by atoms with van der Waals surface area (Å²) < 4.78 is 45.5. The SMILES string of the molecule is Nc1ccc2oc(C(=O)OCCSC(F)(F)F)cc2c1. The third kappa shape index (κ3) is 3.83. The van der Waals surface area contributed by atoms with Gasteiger partial charge in [-0.1, -0.05) is 0 Å². The number of furan rings is 1. The molecule has 8 heteroatoms. The van der Waals surface area contributed by atoms with Crippen LogP contribution in [0.5, 0.6) is 0 Å². The molecule has 0 saturated heterocycles. The first-order valence-corrected chi connectivity index (χ1v) is 6.50. The minimum atomic E-state index is -4.33. The number of nitrogen functional groups attached to an aromatic ring is 1. The smallest absolute Gasteiger partial charge is 0.441 e. The molecule has 0 atom stereocenters. The lowest BCUT2D eigenvalue weighted by atomic mass is 10.2. The van der Waals surface area contributed by atoms with Crippen LogP contribution in [0, 0.1) is 0 Å². The minimum Gasteiger partial charge on any atom is -0.459 e. The molecule has 4 nitrogen and oxygen atoms in total. The van der Waals surface area contributed by atoms with E-state index in [4.69, 9.17) is 14.9 Å². The van der Waals surface area contributed by atoms with Crippen LogP contribution < -0.4 is 5.73 Å². The second-order valence-electron chi connectivity index (χ2n) is 3.84. The van der Waals surface area contributed by atoms with Gasteiger partial charge in [0.2, 0.25) is 5.76 Å². The van der Waals surface area contributed by atoms with E-state index in [1.165, 1.54) is 6.07 Å². The third-order valence-electron chi connectivity index (χ3n) is 2.32. The number of hydrogen-bond donors (Lipinski definition) is 1. The molecule has 0 unspecified atom stereocenters. The van der Waals surface area contributed by atoms with Gasteiger partial charge in [-0.05, 0) is 36.0 Å². The Labute approximate surface area is 116 Å². The van der Waals surface area contributed by atoms with E-state index in [-0.39, 0.29) is 29.9 Å². The average molecular weight is 305 g/mol. The molecule has 1 aromatic heterocycles. The molecule has 0 aliphatic carbocycles. The molecule has 0 radical (unpaired) electrons. The van der Waals surface area contributed by atoms with E-state index in [1.807, 2.05) is 0 Å². The zero-order valence-corrected chi connectivity index (χ0v) is 10.9. The summed E-state index contributed by atoms with van der Waals surface area (Å²) in [6, 6.07) is 6.27. The lowest BCUT2D eigenvalue weighted by Gasteiger charge is -2.05. The van der Waals surface area contributed by atoms with Gasteiger partial charge in [0.05, 0.1) is 0 Å². The number of fused-ring (bicyclic) bond motifs is 1. The maximum atomic E-state index is 11.9. The highest BCUT2D eigenvalue weighted by Gasteiger charge is 2.27. The highest BCUT2D eigenvalue weighted by molar-refractivity contribution is 8.00. The summed E-state index contributed by atoms with van der Waals surface area (Å²) in [4.78, 5) is 11.6. The van der Waals surface area contributed by atoms with Crippen LogP contribution in [-0.4, -0.2) is 23.8 Å². The van der Waals surface area contributed by atoms with Gasteiger partial charge >= 0.3 is 11.5 Å². The number of nitrogens with two attached hydrogens (primary N) is 1. The Kier molecular flexibility index (Phi) is 4.12. The highest BCUT2D eigenvalue weighted by Crippen LogP contribution is 2.29. The lowest BCUT2D eigenvalue weighted by molar-refractivity contribution is -0.0331. The fraction of sp³-hybridized carbons (Fsp3) is 0.250. The van der Waals surface area contributed by atoms with Crippen molar-refractivity contribution in [1.29, 1.82) is 0 Å². The lowest BCUT2D eigenvalue weighted by Crippen LogP contribution is -2.10. The van der Waals surface area contributed by atoms with Crippen LogP contribution in [0.2, 0.25) is 0 Å². The second-order valence-corrected chi connectivity index (χ2v) is 5.00. The Bertz CT molecular complexity index is 624. The largest absolute Gasteiger partial charge is 0.459 e. The van der Waals surface area contributed by atoms with Crippen LogP contribution in [-0.2, 0) is 4.74 Å². The first-order chi connectivity index (χ1) is 9.35. The molecule has 0 saturated carbocycles. The molecule has 0 aliphatic heterocycles. The summed E-state index contributed by atoms with van der Waals surface area (Å²) in [5.41, 5.74) is 2.22. The Balaban J connectivity index is 1.94. The van der Waals surface area contributed by atoms with Crippen molar-refractivity contribution in [2.24, 2.45) is 0 Å². The van der Waals surface area contributed by atoms with Crippen LogP contribution in [0.15, 0.2) is 28.7 Å². The molecular weight excluding hydrogens is 295 g/mol. The molecular formula is C12H10F3NO3S. The van der Waals surface area contributed by atoms with Gasteiger partial charge < -0.3 is 14.9 Å². The zero-order valence-electron chi connectivity index (χ0n) is 10.1. The first-order valence-electron chi connectivity index (χ1n) is 5.52. The van der Waals surface area contributed by atoms with E-state index in [2.05, 4.69) is 0 Å². The van der Waals surface area contributed by atoms with E-state index in [0.29, 0.717) is 16.7 Å². The second kappa shape index (κ2) is 5.66. The molecule has 2 N–H and O–H groups in total. The van der Waals surface area contributed by atoms with Gasteiger partial charge in [0.15, 0.2) is 0 Å². The minimum absolute atomic E-state index is 0.0670. The van der Waals surface area contributed by atoms with Crippen molar-refractivity contribution < 1.29 is 27.1 Å². The van der Waals surface area contributed by atoms with Crippen LogP contribution >= 0.6 is 11.8 Å². The Morgan fingerprint density at radius 1 is 1.35 bits per heavy atom. The normalized spacial score (nSPS) is 11.8. The summed E-state index contributed by atoms with van der Waals surface area (Å²) in [6.07, 6.45) is 0. The van der Waals surface area contributed by atoms with Crippen molar-refractivity contribution in [1.82, 2.24) is 0 Å². The first kappa shape index (κ1) is 14.6. The predicted octanol–water partition coefficient (Wildman–Crippen LogP) is 3.42. The third-order valence-corrected chi connectivity index (χ3v) is 3.02. The standard InChI is InChI=1S/C12H10F3NO3S/c13-12(14,15)20-4-3-18-11(17)10-6-7-5-8(16)1-2-9(7)19-10/h1-2,5-6H,3-4,16H2. The summed E-state index contributed by atoms with van der Waals surface area (Å²) in [5, 5.41) is 0.626. The van der Waals surface area contributed by atoms with Crippen molar-refractivity contribution >= 4 is 34.4 Å². The molecule has 1 heterocycles. The van der Waals surface area contributed by atoms with Crippen LogP contribution in [0.1, 0.15) is 10.6 Å². The van der Waals surface area contributed by atoms with E-state index in [1.54, 1.807) is 18.2 Å². The molecule has 0 fully saturated rings. The predicted molar refractivity (Wildman–Crippen MR) is 69.4 cm³/mol. The van der Waals surface area contributed by atoms with Crippen molar-refractivity contribution in [2.45, 2.75) is 5.51 Å². The quantitative estimate of drug-likeness (QED) is 0.532. The van der Waals surface area contributed by atoms with E-state index >= 15 is 0 Å².